The van der Waals surface area contributed by atoms with Gasteiger partial charge in [-0.25, -0.2) is 0 Å². The van der Waals surface area contributed by atoms with E-state index in [0.717, 1.165) is 24.3 Å². The van der Waals surface area contributed by atoms with Gasteiger partial charge in [0, 0.05) is 17.7 Å². The number of phenols is 4. The number of rotatable bonds is 3. The molecule has 0 bridgehead atoms. The lowest BCUT2D eigenvalue weighted by atomic mass is 10.00. The van der Waals surface area contributed by atoms with Gasteiger partial charge in [-0.3, -0.25) is 4.79 Å². The molecule has 2 unspecified atom stereocenters. The normalized spacial score (nSPS) is 25.7. The van der Waals surface area contributed by atoms with Crippen molar-refractivity contribution in [1.82, 2.24) is 0 Å². The van der Waals surface area contributed by atoms with Crippen molar-refractivity contribution in [3.63, 3.8) is 0 Å². The summed E-state index contributed by atoms with van der Waals surface area (Å²) in [5, 5.41) is 69.2. The maximum atomic E-state index is 13.2. The molecule has 0 spiro atoms. The molecule has 7 N–H and O–H groups in total. The Morgan fingerprint density at radius 2 is 1.59 bits per heavy atom. The first-order valence-corrected chi connectivity index (χ1v) is 9.50. The predicted molar refractivity (Wildman–Crippen MR) is 108 cm³/mol. The number of hydrogen-bond donors (Lipinski definition) is 7. The standard InChI is InChI=1S/C21H20O11/c1-7-15(26)17(28)18(29)21(30-7)32-20-16(27)14-12(25)5-9(22)6-13(14)31-19(20)8-2-3-10(23)11(24)4-8/h2-7,15,17-18,21-26,28-29H,1H3/t7?,15-,17-,18?,21-/m0/s1. The fourth-order valence-electron chi connectivity index (χ4n) is 3.46. The van der Waals surface area contributed by atoms with Gasteiger partial charge in [-0.05, 0) is 25.1 Å². The van der Waals surface area contributed by atoms with Gasteiger partial charge < -0.3 is 49.6 Å². The van der Waals surface area contributed by atoms with E-state index in [0.29, 0.717) is 0 Å². The summed E-state index contributed by atoms with van der Waals surface area (Å²) in [6, 6.07) is 5.51. The van der Waals surface area contributed by atoms with Crippen LogP contribution in [0.5, 0.6) is 28.7 Å². The molecule has 32 heavy (non-hydrogen) atoms. The molecule has 1 aromatic heterocycles. The van der Waals surface area contributed by atoms with E-state index in [9.17, 15) is 40.5 Å². The average molecular weight is 448 g/mol. The minimum Gasteiger partial charge on any atom is -0.508 e. The van der Waals surface area contributed by atoms with E-state index in [1.807, 2.05) is 0 Å². The molecule has 4 rings (SSSR count). The number of aliphatic hydroxyl groups excluding tert-OH is 3. The van der Waals surface area contributed by atoms with Crippen molar-refractivity contribution >= 4 is 11.0 Å². The Balaban J connectivity index is 1.92. The second-order valence-electron chi connectivity index (χ2n) is 7.43. The van der Waals surface area contributed by atoms with Crippen molar-refractivity contribution < 1.29 is 49.6 Å². The molecule has 1 aliphatic rings. The molecular weight excluding hydrogens is 428 g/mol. The largest absolute Gasteiger partial charge is 0.508 e. The quantitative estimate of drug-likeness (QED) is 0.276. The summed E-state index contributed by atoms with van der Waals surface area (Å²) < 4.78 is 16.6. The van der Waals surface area contributed by atoms with Gasteiger partial charge in [-0.1, -0.05) is 0 Å². The molecule has 5 atom stereocenters. The maximum Gasteiger partial charge on any atom is 0.239 e. The third kappa shape index (κ3) is 3.56. The summed E-state index contributed by atoms with van der Waals surface area (Å²) in [4.78, 5) is 13.2. The number of benzene rings is 2. The minimum absolute atomic E-state index is 0.0658. The van der Waals surface area contributed by atoms with Crippen molar-refractivity contribution in [3.05, 3.63) is 40.6 Å². The third-order valence-electron chi connectivity index (χ3n) is 5.20. The number of aliphatic hydroxyl groups is 3. The topological polar surface area (TPSA) is 190 Å². The van der Waals surface area contributed by atoms with Gasteiger partial charge >= 0.3 is 0 Å². The van der Waals surface area contributed by atoms with Gasteiger partial charge in [0.15, 0.2) is 17.3 Å². The van der Waals surface area contributed by atoms with Gasteiger partial charge in [0.1, 0.15) is 40.8 Å². The van der Waals surface area contributed by atoms with Crippen LogP contribution in [-0.4, -0.2) is 66.5 Å². The van der Waals surface area contributed by atoms with Crippen LogP contribution in [0.25, 0.3) is 22.3 Å². The number of hydrogen-bond acceptors (Lipinski definition) is 11. The van der Waals surface area contributed by atoms with Crippen molar-refractivity contribution in [2.45, 2.75) is 37.6 Å². The lowest BCUT2D eigenvalue weighted by Crippen LogP contribution is -2.58. The number of phenolic OH excluding ortho intramolecular Hbond substituents is 4. The minimum atomic E-state index is -1.74. The Bertz CT molecular complexity index is 1230. The number of ether oxygens (including phenoxy) is 2. The van der Waals surface area contributed by atoms with Crippen molar-refractivity contribution in [2.24, 2.45) is 0 Å². The molecule has 0 aliphatic carbocycles. The van der Waals surface area contributed by atoms with Crippen molar-refractivity contribution in [3.8, 4) is 40.1 Å². The molecule has 1 fully saturated rings. The van der Waals surface area contributed by atoms with Gasteiger partial charge in [-0.2, -0.15) is 0 Å². The predicted octanol–water partition coefficient (Wildman–Crippen LogP) is 0.489. The highest BCUT2D eigenvalue weighted by Crippen LogP contribution is 2.39. The highest BCUT2D eigenvalue weighted by atomic mass is 16.7. The second-order valence-corrected chi connectivity index (χ2v) is 7.43. The number of fused-ring (bicyclic) bond motifs is 1. The van der Waals surface area contributed by atoms with E-state index in [-0.39, 0.29) is 28.0 Å². The highest BCUT2D eigenvalue weighted by molar-refractivity contribution is 5.88. The van der Waals surface area contributed by atoms with E-state index >= 15 is 0 Å². The Morgan fingerprint density at radius 1 is 0.875 bits per heavy atom. The summed E-state index contributed by atoms with van der Waals surface area (Å²) in [6.45, 7) is 1.42. The van der Waals surface area contributed by atoms with Crippen LogP contribution >= 0.6 is 0 Å². The zero-order valence-electron chi connectivity index (χ0n) is 16.5. The molecule has 170 valence electrons. The van der Waals surface area contributed by atoms with E-state index in [4.69, 9.17) is 13.9 Å². The van der Waals surface area contributed by atoms with Crippen LogP contribution in [-0.2, 0) is 4.74 Å². The van der Waals surface area contributed by atoms with Crippen LogP contribution in [0.2, 0.25) is 0 Å². The molecule has 0 saturated carbocycles. The lowest BCUT2D eigenvalue weighted by molar-refractivity contribution is -0.268. The Morgan fingerprint density at radius 3 is 2.28 bits per heavy atom. The summed E-state index contributed by atoms with van der Waals surface area (Å²) in [5.41, 5.74) is -1.05. The van der Waals surface area contributed by atoms with Crippen LogP contribution in [0.1, 0.15) is 6.92 Å². The Labute approximate surface area is 179 Å². The van der Waals surface area contributed by atoms with E-state index in [1.165, 1.54) is 13.0 Å². The lowest BCUT2D eigenvalue weighted by Gasteiger charge is -2.38. The van der Waals surface area contributed by atoms with Crippen LogP contribution < -0.4 is 10.2 Å². The van der Waals surface area contributed by atoms with Crippen molar-refractivity contribution in [1.29, 1.82) is 0 Å². The van der Waals surface area contributed by atoms with Crippen LogP contribution in [0, 0.1) is 0 Å². The zero-order chi connectivity index (χ0) is 23.3. The van der Waals surface area contributed by atoms with Gasteiger partial charge in [0.2, 0.25) is 17.5 Å². The Hall–Kier alpha value is -3.51. The Kier molecular flexibility index (Phi) is 5.34. The maximum absolute atomic E-state index is 13.2. The molecule has 1 aliphatic heterocycles. The molecule has 0 radical (unpaired) electrons. The zero-order valence-corrected chi connectivity index (χ0v) is 16.5. The van der Waals surface area contributed by atoms with Crippen molar-refractivity contribution in [2.75, 3.05) is 0 Å². The van der Waals surface area contributed by atoms with E-state index in [2.05, 4.69) is 0 Å². The van der Waals surface area contributed by atoms with Gasteiger partial charge in [0.05, 0.1) is 6.10 Å². The summed E-state index contributed by atoms with van der Waals surface area (Å²) in [5.74, 6) is -2.80. The first-order valence-electron chi connectivity index (χ1n) is 9.50. The van der Waals surface area contributed by atoms with Gasteiger partial charge in [-0.15, -0.1) is 0 Å². The van der Waals surface area contributed by atoms with E-state index in [1.54, 1.807) is 0 Å². The van der Waals surface area contributed by atoms with Gasteiger partial charge in [0.25, 0.3) is 0 Å². The second kappa shape index (κ2) is 7.88. The fourth-order valence-corrected chi connectivity index (χ4v) is 3.46. The molecule has 2 aromatic carbocycles. The first-order chi connectivity index (χ1) is 15.1. The molecule has 2 heterocycles. The monoisotopic (exact) mass is 448 g/mol. The number of aromatic hydroxyl groups is 4. The van der Waals surface area contributed by atoms with Crippen LogP contribution in [0.3, 0.4) is 0 Å². The fraction of sp³-hybridized carbons (Fsp3) is 0.286. The van der Waals surface area contributed by atoms with E-state index < -0.39 is 59.1 Å². The summed E-state index contributed by atoms with van der Waals surface area (Å²) >= 11 is 0. The highest BCUT2D eigenvalue weighted by Gasteiger charge is 2.44. The molecule has 0 amide bonds. The first kappa shape index (κ1) is 21.7. The molecular formula is C21H20O11. The summed E-state index contributed by atoms with van der Waals surface area (Å²) in [6.07, 6.45) is -7.35. The van der Waals surface area contributed by atoms with Crippen LogP contribution in [0.4, 0.5) is 0 Å². The van der Waals surface area contributed by atoms with Crippen LogP contribution in [0.15, 0.2) is 39.5 Å². The average Bonchev–Trinajstić information content (AvgIpc) is 2.73. The molecule has 11 nitrogen and oxygen atoms in total. The molecule has 1 saturated heterocycles. The molecule has 11 heteroatoms. The summed E-state index contributed by atoms with van der Waals surface area (Å²) in [7, 11) is 0. The SMILES string of the molecule is CC1O[C@@H](Oc2c(-c3ccc(O)c(O)c3)oc3cc(O)cc(O)c3c2=O)C(O)[C@@H](O)[C@H]1O. The molecule has 3 aromatic rings. The smallest absolute Gasteiger partial charge is 0.239 e. The third-order valence-corrected chi connectivity index (χ3v) is 5.20.